The van der Waals surface area contributed by atoms with Gasteiger partial charge < -0.3 is 20.1 Å². The summed E-state index contributed by atoms with van der Waals surface area (Å²) in [5.41, 5.74) is 5.10. The van der Waals surface area contributed by atoms with Gasteiger partial charge in [0.1, 0.15) is 5.82 Å². The number of rotatable bonds is 7. The third kappa shape index (κ3) is 5.74. The first-order valence-electron chi connectivity index (χ1n) is 14.8. The van der Waals surface area contributed by atoms with Gasteiger partial charge in [0, 0.05) is 42.3 Å². The van der Waals surface area contributed by atoms with Crippen molar-refractivity contribution in [3.8, 4) is 0 Å². The van der Waals surface area contributed by atoms with Crippen LogP contribution in [0.25, 0.3) is 6.08 Å². The number of benzene rings is 1. The summed E-state index contributed by atoms with van der Waals surface area (Å²) >= 11 is 0. The van der Waals surface area contributed by atoms with E-state index in [4.69, 9.17) is 0 Å². The molecule has 6 rings (SSSR count). The molecule has 0 saturated carbocycles. The van der Waals surface area contributed by atoms with Gasteiger partial charge in [0.05, 0.1) is 22.1 Å². The summed E-state index contributed by atoms with van der Waals surface area (Å²) in [6.07, 6.45) is 10.7. The average molecular weight is 593 g/mol. The molecule has 2 aromatic rings. The van der Waals surface area contributed by atoms with Gasteiger partial charge in [-0.15, -0.1) is 0 Å². The van der Waals surface area contributed by atoms with E-state index in [0.717, 1.165) is 50.3 Å². The van der Waals surface area contributed by atoms with Crippen LogP contribution in [0.1, 0.15) is 65.0 Å². The van der Waals surface area contributed by atoms with Gasteiger partial charge in [-0.3, -0.25) is 9.59 Å². The number of fused-ring (bicyclic) bond motifs is 2. The molecule has 1 aromatic carbocycles. The first-order valence-corrected chi connectivity index (χ1v) is 16.6. The number of carbonyl (C=O) groups excluding carboxylic acids is 2. The SMILES string of the molecule is Cc1c(/C=C2\C(=O)NC3=CCC(S(=O)(=O)Cc4ccc(F)cc4)C=C32)[nH]c2c1C(=O)N(CCN1CCCCC1)CCC2. The second-order valence-corrected chi connectivity index (χ2v) is 14.0. The molecule has 0 radical (unpaired) electrons. The highest BCUT2D eigenvalue weighted by molar-refractivity contribution is 7.91. The van der Waals surface area contributed by atoms with Crippen molar-refractivity contribution in [2.75, 3.05) is 32.7 Å². The van der Waals surface area contributed by atoms with Gasteiger partial charge in [-0.05, 0) is 81.5 Å². The largest absolute Gasteiger partial charge is 0.358 e. The molecule has 2 fully saturated rings. The third-order valence-corrected chi connectivity index (χ3v) is 10.9. The molecule has 8 nitrogen and oxygen atoms in total. The number of piperidine rings is 1. The maximum absolute atomic E-state index is 13.7. The van der Waals surface area contributed by atoms with Crippen molar-refractivity contribution in [1.82, 2.24) is 20.1 Å². The topological polar surface area (TPSA) is 103 Å². The van der Waals surface area contributed by atoms with Crippen molar-refractivity contribution in [1.29, 1.82) is 0 Å². The molecule has 4 heterocycles. The van der Waals surface area contributed by atoms with Crippen LogP contribution >= 0.6 is 0 Å². The zero-order valence-electron chi connectivity index (χ0n) is 23.9. The molecule has 42 heavy (non-hydrogen) atoms. The van der Waals surface area contributed by atoms with Crippen LogP contribution in [0.3, 0.4) is 0 Å². The number of aromatic amines is 1. The summed E-state index contributed by atoms with van der Waals surface area (Å²) in [4.78, 5) is 34.5. The quantitative estimate of drug-likeness (QED) is 0.473. The Labute approximate surface area is 246 Å². The fraction of sp³-hybridized carbons (Fsp3) is 0.438. The fourth-order valence-electron chi connectivity index (χ4n) is 6.48. The van der Waals surface area contributed by atoms with E-state index in [1.54, 1.807) is 18.2 Å². The summed E-state index contributed by atoms with van der Waals surface area (Å²) in [6, 6.07) is 5.46. The van der Waals surface area contributed by atoms with Crippen LogP contribution < -0.4 is 5.32 Å². The Morgan fingerprint density at radius 3 is 2.55 bits per heavy atom. The minimum absolute atomic E-state index is 0.0261. The number of hydrogen-bond acceptors (Lipinski definition) is 5. The number of nitrogens with zero attached hydrogens (tertiary/aromatic N) is 2. The molecule has 1 aliphatic carbocycles. The zero-order valence-corrected chi connectivity index (χ0v) is 24.7. The molecule has 10 heteroatoms. The van der Waals surface area contributed by atoms with Crippen LogP contribution in [0.15, 0.2) is 53.3 Å². The number of aromatic nitrogens is 1. The zero-order chi connectivity index (χ0) is 29.4. The number of amides is 2. The van der Waals surface area contributed by atoms with E-state index in [0.29, 0.717) is 40.2 Å². The lowest BCUT2D eigenvalue weighted by molar-refractivity contribution is -0.115. The third-order valence-electron chi connectivity index (χ3n) is 8.87. The number of nitrogens with one attached hydrogen (secondary N) is 2. The fourth-order valence-corrected chi connectivity index (χ4v) is 8.08. The van der Waals surface area contributed by atoms with Crippen molar-refractivity contribution in [2.24, 2.45) is 0 Å². The lowest BCUT2D eigenvalue weighted by Gasteiger charge is -2.29. The van der Waals surface area contributed by atoms with Gasteiger partial charge in [0.25, 0.3) is 11.8 Å². The lowest BCUT2D eigenvalue weighted by Crippen LogP contribution is -2.40. The van der Waals surface area contributed by atoms with Gasteiger partial charge in [0.2, 0.25) is 0 Å². The van der Waals surface area contributed by atoms with Gasteiger partial charge in [0.15, 0.2) is 9.84 Å². The molecular weight excluding hydrogens is 555 g/mol. The average Bonchev–Trinajstić information content (AvgIpc) is 3.40. The minimum Gasteiger partial charge on any atom is -0.358 e. The van der Waals surface area contributed by atoms with Crippen molar-refractivity contribution >= 4 is 27.7 Å². The molecular formula is C32H37FN4O4S. The molecule has 2 N–H and O–H groups in total. The van der Waals surface area contributed by atoms with E-state index < -0.39 is 20.9 Å². The second-order valence-electron chi connectivity index (χ2n) is 11.7. The van der Waals surface area contributed by atoms with E-state index in [1.165, 1.54) is 43.5 Å². The Balaban J connectivity index is 1.24. The Morgan fingerprint density at radius 1 is 1.02 bits per heavy atom. The van der Waals surface area contributed by atoms with Crippen molar-refractivity contribution in [3.63, 3.8) is 0 Å². The highest BCUT2D eigenvalue weighted by atomic mass is 32.2. The summed E-state index contributed by atoms with van der Waals surface area (Å²) in [5, 5.41) is 2.05. The Hall–Kier alpha value is -3.50. The van der Waals surface area contributed by atoms with Crippen LogP contribution in [0.2, 0.25) is 0 Å². The molecule has 1 unspecified atom stereocenters. The second kappa shape index (κ2) is 11.6. The van der Waals surface area contributed by atoms with Crippen molar-refractivity contribution < 1.29 is 22.4 Å². The molecule has 3 aliphatic heterocycles. The van der Waals surface area contributed by atoms with Gasteiger partial charge in [-0.1, -0.05) is 30.7 Å². The number of allylic oxidation sites excluding steroid dienone is 2. The van der Waals surface area contributed by atoms with Crippen LogP contribution in [-0.4, -0.2) is 73.0 Å². The van der Waals surface area contributed by atoms with Crippen LogP contribution in [0, 0.1) is 12.7 Å². The van der Waals surface area contributed by atoms with Gasteiger partial charge >= 0.3 is 0 Å². The molecule has 222 valence electrons. The number of aryl methyl sites for hydroxylation is 1. The molecule has 2 saturated heterocycles. The van der Waals surface area contributed by atoms with E-state index >= 15 is 0 Å². The highest BCUT2D eigenvalue weighted by Crippen LogP contribution is 2.35. The number of likely N-dealkylation sites (tertiary alicyclic amines) is 1. The predicted molar refractivity (Wildman–Crippen MR) is 160 cm³/mol. The Morgan fingerprint density at radius 2 is 1.79 bits per heavy atom. The normalized spacial score (nSPS) is 22.4. The first-order chi connectivity index (χ1) is 20.2. The monoisotopic (exact) mass is 592 g/mol. The lowest BCUT2D eigenvalue weighted by atomic mass is 9.98. The molecule has 0 spiro atoms. The van der Waals surface area contributed by atoms with Gasteiger partial charge in [-0.2, -0.15) is 0 Å². The summed E-state index contributed by atoms with van der Waals surface area (Å²) in [6.45, 7) is 6.41. The van der Waals surface area contributed by atoms with Crippen LogP contribution in [0.5, 0.6) is 0 Å². The van der Waals surface area contributed by atoms with Crippen molar-refractivity contribution in [2.45, 2.75) is 56.5 Å². The standard InChI is InChI=1S/C32H37FN4O4S/c1-21-29(34-28-6-5-15-37(32(39)30(21)28)17-16-36-13-3-2-4-14-36)19-26-25-18-24(11-12-27(25)35-31(26)38)42(40,41)20-22-7-9-23(33)10-8-22/h7-10,12,18-19,24,34H,2-6,11,13-17,20H2,1H3,(H,35,38)/b26-19-. The summed E-state index contributed by atoms with van der Waals surface area (Å²) in [5.74, 6) is -0.914. The molecule has 1 atom stereocenters. The number of sulfone groups is 1. The van der Waals surface area contributed by atoms with E-state index in [2.05, 4.69) is 15.2 Å². The Bertz CT molecular complexity index is 1600. The number of hydrogen-bond donors (Lipinski definition) is 2. The number of carbonyl (C=O) groups is 2. The smallest absolute Gasteiger partial charge is 0.256 e. The van der Waals surface area contributed by atoms with E-state index in [1.807, 2.05) is 11.8 Å². The van der Waals surface area contributed by atoms with E-state index in [9.17, 15) is 22.4 Å². The summed E-state index contributed by atoms with van der Waals surface area (Å²) in [7, 11) is -3.61. The molecule has 2 amide bonds. The first kappa shape index (κ1) is 28.6. The highest BCUT2D eigenvalue weighted by Gasteiger charge is 2.35. The van der Waals surface area contributed by atoms with E-state index in [-0.39, 0.29) is 24.0 Å². The molecule has 0 bridgehead atoms. The van der Waals surface area contributed by atoms with Crippen molar-refractivity contribution in [3.05, 3.63) is 87.2 Å². The van der Waals surface area contributed by atoms with Crippen LogP contribution in [-0.2, 0) is 26.8 Å². The minimum atomic E-state index is -3.61. The van der Waals surface area contributed by atoms with Gasteiger partial charge in [-0.25, -0.2) is 12.8 Å². The van der Waals surface area contributed by atoms with Crippen LogP contribution in [0.4, 0.5) is 4.39 Å². The molecule has 4 aliphatic rings. The predicted octanol–water partition coefficient (Wildman–Crippen LogP) is 4.05. The molecule has 1 aromatic heterocycles. The Kier molecular flexibility index (Phi) is 7.93. The maximum Gasteiger partial charge on any atom is 0.256 e. The maximum atomic E-state index is 13.7. The number of halogens is 1. The summed E-state index contributed by atoms with van der Waals surface area (Å²) < 4.78 is 39.9. The number of H-pyrrole nitrogens is 1.